The molecule has 1 aliphatic rings. The smallest absolute Gasteiger partial charge is 0.319 e. The first-order valence-electron chi connectivity index (χ1n) is 11.5. The molecule has 0 atom stereocenters. The van der Waals surface area contributed by atoms with E-state index in [0.717, 1.165) is 17.2 Å². The third-order valence-corrected chi connectivity index (χ3v) is 6.09. The largest absolute Gasteiger partial charge is 0.489 e. The maximum atomic E-state index is 15.0. The summed E-state index contributed by atoms with van der Waals surface area (Å²) in [6.07, 6.45) is 0. The van der Waals surface area contributed by atoms with Crippen LogP contribution in [0.15, 0.2) is 60.7 Å². The highest BCUT2D eigenvalue weighted by atomic mass is 19.2. The van der Waals surface area contributed by atoms with Crippen LogP contribution in [0, 0.1) is 11.6 Å². The topological polar surface area (TPSA) is 87.9 Å². The molecule has 0 bridgehead atoms. The Labute approximate surface area is 208 Å². The van der Waals surface area contributed by atoms with E-state index in [1.54, 1.807) is 29.2 Å². The molecule has 3 aromatic rings. The number of hydrogen-bond acceptors (Lipinski definition) is 4. The van der Waals surface area contributed by atoms with Crippen molar-refractivity contribution in [3.05, 3.63) is 83.4 Å². The fraction of sp³-hybridized carbons (Fsp3) is 0.259. The molecule has 4 rings (SSSR count). The van der Waals surface area contributed by atoms with E-state index in [-0.39, 0.29) is 23.8 Å². The standard InChI is InChI=1S/C27H28F2N4O3/c1-17(34)31-20-8-10-21(11-9-20)36-15-19-6-4-18(5-7-19)14-33-25-23(13-12-22(28)24(25)29)32(26(30)35)16-27(33,2)3/h4-13H,14-16H2,1-3H3,(H2,30,35)(H,31,34). The quantitative estimate of drug-likeness (QED) is 0.494. The third kappa shape index (κ3) is 5.25. The molecule has 3 amide bonds. The van der Waals surface area contributed by atoms with Gasteiger partial charge in [-0.2, -0.15) is 0 Å². The van der Waals surface area contributed by atoms with E-state index in [9.17, 15) is 18.4 Å². The molecule has 0 radical (unpaired) electrons. The Bertz CT molecular complexity index is 1280. The lowest BCUT2D eigenvalue weighted by Crippen LogP contribution is -2.58. The number of rotatable bonds is 6. The summed E-state index contributed by atoms with van der Waals surface area (Å²) in [7, 11) is 0. The van der Waals surface area contributed by atoms with Gasteiger partial charge in [0.1, 0.15) is 18.0 Å². The first kappa shape index (κ1) is 25.0. The van der Waals surface area contributed by atoms with Gasteiger partial charge in [-0.25, -0.2) is 13.6 Å². The number of carbonyl (C=O) groups is 2. The van der Waals surface area contributed by atoms with Gasteiger partial charge in [0.25, 0.3) is 0 Å². The van der Waals surface area contributed by atoms with Crippen LogP contribution in [-0.4, -0.2) is 24.0 Å². The predicted molar refractivity (Wildman–Crippen MR) is 135 cm³/mol. The number of urea groups is 1. The van der Waals surface area contributed by atoms with E-state index >= 15 is 0 Å². The van der Waals surface area contributed by atoms with Gasteiger partial charge in [-0.05, 0) is 61.4 Å². The summed E-state index contributed by atoms with van der Waals surface area (Å²) in [5.41, 5.74) is 7.58. The van der Waals surface area contributed by atoms with Crippen LogP contribution >= 0.6 is 0 Å². The molecule has 36 heavy (non-hydrogen) atoms. The van der Waals surface area contributed by atoms with Crippen LogP contribution in [0.2, 0.25) is 0 Å². The molecule has 0 aromatic heterocycles. The normalized spacial score (nSPS) is 14.2. The molecule has 0 aliphatic carbocycles. The van der Waals surface area contributed by atoms with Crippen LogP contribution < -0.4 is 25.6 Å². The maximum Gasteiger partial charge on any atom is 0.319 e. The lowest BCUT2D eigenvalue weighted by atomic mass is 9.94. The molecule has 188 valence electrons. The summed E-state index contributed by atoms with van der Waals surface area (Å²) >= 11 is 0. The Morgan fingerprint density at radius 1 is 1.00 bits per heavy atom. The number of anilines is 3. The number of amides is 3. The van der Waals surface area contributed by atoms with E-state index in [0.29, 0.717) is 24.6 Å². The van der Waals surface area contributed by atoms with Crippen molar-refractivity contribution in [3.8, 4) is 5.75 Å². The monoisotopic (exact) mass is 494 g/mol. The minimum Gasteiger partial charge on any atom is -0.489 e. The highest BCUT2D eigenvalue weighted by molar-refractivity contribution is 5.96. The van der Waals surface area contributed by atoms with Crippen molar-refractivity contribution in [1.29, 1.82) is 0 Å². The zero-order valence-corrected chi connectivity index (χ0v) is 20.3. The molecule has 9 heteroatoms. The number of carbonyl (C=O) groups excluding carboxylic acids is 2. The first-order valence-corrected chi connectivity index (χ1v) is 11.5. The van der Waals surface area contributed by atoms with Crippen LogP contribution in [0.5, 0.6) is 5.75 Å². The fourth-order valence-corrected chi connectivity index (χ4v) is 4.28. The van der Waals surface area contributed by atoms with E-state index in [4.69, 9.17) is 10.5 Å². The lowest BCUT2D eigenvalue weighted by molar-refractivity contribution is -0.114. The highest BCUT2D eigenvalue weighted by Crippen LogP contribution is 2.43. The number of nitrogens with two attached hydrogens (primary N) is 1. The van der Waals surface area contributed by atoms with E-state index in [1.807, 2.05) is 38.1 Å². The summed E-state index contributed by atoms with van der Waals surface area (Å²) in [4.78, 5) is 26.2. The van der Waals surface area contributed by atoms with Crippen molar-refractivity contribution in [2.75, 3.05) is 21.7 Å². The van der Waals surface area contributed by atoms with Crippen LogP contribution in [0.4, 0.5) is 30.6 Å². The van der Waals surface area contributed by atoms with Crippen molar-refractivity contribution in [1.82, 2.24) is 0 Å². The average molecular weight is 495 g/mol. The average Bonchev–Trinajstić information content (AvgIpc) is 2.82. The van der Waals surface area contributed by atoms with E-state index in [2.05, 4.69) is 5.32 Å². The predicted octanol–water partition coefficient (Wildman–Crippen LogP) is 5.19. The second kappa shape index (κ2) is 9.85. The van der Waals surface area contributed by atoms with Gasteiger partial charge in [-0.15, -0.1) is 0 Å². The number of nitrogens with one attached hydrogen (secondary N) is 1. The molecular weight excluding hydrogens is 466 g/mol. The van der Waals surface area contributed by atoms with Gasteiger partial charge >= 0.3 is 6.03 Å². The number of primary amides is 1. The maximum absolute atomic E-state index is 15.0. The second-order valence-corrected chi connectivity index (χ2v) is 9.36. The van der Waals surface area contributed by atoms with E-state index in [1.165, 1.54) is 17.9 Å². The van der Waals surface area contributed by atoms with Gasteiger partial charge in [0.05, 0.1) is 17.8 Å². The molecule has 0 saturated heterocycles. The number of benzene rings is 3. The summed E-state index contributed by atoms with van der Waals surface area (Å²) < 4.78 is 35.0. The van der Waals surface area contributed by atoms with Gasteiger partial charge in [0.15, 0.2) is 11.6 Å². The molecule has 0 fully saturated rings. The summed E-state index contributed by atoms with van der Waals surface area (Å²) in [6, 6.07) is 16.4. The van der Waals surface area contributed by atoms with Gasteiger partial charge < -0.3 is 20.7 Å². The van der Waals surface area contributed by atoms with Crippen molar-refractivity contribution < 1.29 is 23.1 Å². The molecule has 3 N–H and O–H groups in total. The summed E-state index contributed by atoms with van der Waals surface area (Å²) in [5.74, 6) is -1.48. The zero-order chi connectivity index (χ0) is 26.0. The zero-order valence-electron chi connectivity index (χ0n) is 20.3. The molecule has 7 nitrogen and oxygen atoms in total. The SMILES string of the molecule is CC(=O)Nc1ccc(OCc2ccc(CN3c4c(ccc(F)c4F)N(C(N)=O)CC3(C)C)cc2)cc1. The first-order chi connectivity index (χ1) is 17.0. The Morgan fingerprint density at radius 3 is 2.25 bits per heavy atom. The number of hydrogen-bond donors (Lipinski definition) is 2. The Morgan fingerprint density at radius 2 is 1.64 bits per heavy atom. The van der Waals surface area contributed by atoms with Gasteiger partial charge in [-0.1, -0.05) is 24.3 Å². The second-order valence-electron chi connectivity index (χ2n) is 9.36. The highest BCUT2D eigenvalue weighted by Gasteiger charge is 2.40. The molecule has 1 aliphatic heterocycles. The van der Waals surface area contributed by atoms with Crippen LogP contribution in [-0.2, 0) is 17.9 Å². The minimum absolute atomic E-state index is 0.0140. The van der Waals surface area contributed by atoms with Crippen molar-refractivity contribution in [2.24, 2.45) is 5.73 Å². The molecular formula is C27H28F2N4O3. The number of halogens is 2. The van der Waals surface area contributed by atoms with Gasteiger partial charge in [0.2, 0.25) is 5.91 Å². The minimum atomic E-state index is -1.01. The van der Waals surface area contributed by atoms with E-state index < -0.39 is 23.2 Å². The van der Waals surface area contributed by atoms with Gasteiger partial charge in [0, 0.05) is 19.2 Å². The van der Waals surface area contributed by atoms with Crippen LogP contribution in [0.1, 0.15) is 31.9 Å². The van der Waals surface area contributed by atoms with Crippen molar-refractivity contribution in [2.45, 2.75) is 39.5 Å². The molecule has 3 aromatic carbocycles. The van der Waals surface area contributed by atoms with Gasteiger partial charge in [-0.3, -0.25) is 9.69 Å². The number of ether oxygens (including phenoxy) is 1. The fourth-order valence-electron chi connectivity index (χ4n) is 4.28. The van der Waals surface area contributed by atoms with Crippen LogP contribution in [0.3, 0.4) is 0 Å². The van der Waals surface area contributed by atoms with Crippen molar-refractivity contribution >= 4 is 29.0 Å². The van der Waals surface area contributed by atoms with Crippen molar-refractivity contribution in [3.63, 3.8) is 0 Å². The molecule has 0 unspecified atom stereocenters. The molecule has 0 saturated carbocycles. The van der Waals surface area contributed by atoms with Crippen LogP contribution in [0.25, 0.3) is 0 Å². The molecule has 1 heterocycles. The number of nitrogens with zero attached hydrogens (tertiary/aromatic N) is 2. The Hall–Kier alpha value is -4.14. The summed E-state index contributed by atoms with van der Waals surface area (Å²) in [6.45, 7) is 6.03. The molecule has 0 spiro atoms. The Balaban J connectivity index is 1.49. The lowest BCUT2D eigenvalue weighted by Gasteiger charge is -2.48. The Kier molecular flexibility index (Phi) is 6.83. The summed E-state index contributed by atoms with van der Waals surface area (Å²) in [5, 5.41) is 2.70. The third-order valence-electron chi connectivity index (χ3n) is 6.09. The number of fused-ring (bicyclic) bond motifs is 1.